The fourth-order valence-corrected chi connectivity index (χ4v) is 2.88. The number of anilines is 1. The molecule has 1 amide bonds. The molecule has 0 spiro atoms. The standard InChI is InChI=1S/C20H19N5O6/c1-12-4-5-13(2)19(6-12)31-17-8-15(7-16(9-17)24(27)28)22-20(26)11-23-14(3)18(10-21-23)25(29)30/h4-10H,11H2,1-3H3,(H,22,26). The molecular formula is C20H19N5O6. The van der Waals surface area contributed by atoms with Crippen LogP contribution in [0.1, 0.15) is 16.8 Å². The number of benzene rings is 2. The third-order valence-corrected chi connectivity index (χ3v) is 4.52. The number of carbonyl (C=O) groups excluding carboxylic acids is 1. The number of ether oxygens (including phenoxy) is 1. The molecule has 11 nitrogen and oxygen atoms in total. The van der Waals surface area contributed by atoms with Crippen molar-refractivity contribution in [2.75, 3.05) is 5.32 Å². The Morgan fingerprint density at radius 1 is 1.10 bits per heavy atom. The van der Waals surface area contributed by atoms with Crippen LogP contribution in [0.4, 0.5) is 17.1 Å². The molecule has 3 aromatic rings. The number of amides is 1. The van der Waals surface area contributed by atoms with E-state index in [9.17, 15) is 25.0 Å². The monoisotopic (exact) mass is 425 g/mol. The highest BCUT2D eigenvalue weighted by Gasteiger charge is 2.19. The van der Waals surface area contributed by atoms with E-state index in [0.29, 0.717) is 5.75 Å². The lowest BCUT2D eigenvalue weighted by atomic mass is 10.1. The maximum absolute atomic E-state index is 12.4. The first-order valence-electron chi connectivity index (χ1n) is 9.15. The molecule has 0 unspecified atom stereocenters. The van der Waals surface area contributed by atoms with Crippen molar-refractivity contribution in [3.05, 3.63) is 79.6 Å². The molecule has 0 aliphatic rings. The van der Waals surface area contributed by atoms with E-state index in [0.717, 1.165) is 17.3 Å². The predicted molar refractivity (Wildman–Crippen MR) is 111 cm³/mol. The van der Waals surface area contributed by atoms with E-state index >= 15 is 0 Å². The maximum atomic E-state index is 12.4. The molecule has 160 valence electrons. The van der Waals surface area contributed by atoms with Crippen LogP contribution in [0.5, 0.6) is 11.5 Å². The fraction of sp³-hybridized carbons (Fsp3) is 0.200. The maximum Gasteiger partial charge on any atom is 0.309 e. The van der Waals surface area contributed by atoms with Crippen molar-refractivity contribution in [3.8, 4) is 11.5 Å². The van der Waals surface area contributed by atoms with Gasteiger partial charge in [-0.1, -0.05) is 12.1 Å². The van der Waals surface area contributed by atoms with Gasteiger partial charge in [-0.25, -0.2) is 0 Å². The molecule has 1 heterocycles. The summed E-state index contributed by atoms with van der Waals surface area (Å²) in [6.07, 6.45) is 1.06. The molecule has 0 saturated heterocycles. The minimum Gasteiger partial charge on any atom is -0.457 e. The van der Waals surface area contributed by atoms with Gasteiger partial charge in [-0.3, -0.25) is 29.7 Å². The number of carbonyl (C=O) groups is 1. The molecule has 0 fully saturated rings. The zero-order chi connectivity index (χ0) is 22.7. The molecule has 0 bridgehead atoms. The summed E-state index contributed by atoms with van der Waals surface area (Å²) in [5.74, 6) is 0.167. The summed E-state index contributed by atoms with van der Waals surface area (Å²) < 4.78 is 7.00. The minimum absolute atomic E-state index is 0.152. The van der Waals surface area contributed by atoms with Crippen LogP contribution in [0, 0.1) is 41.0 Å². The number of nitrogens with one attached hydrogen (secondary N) is 1. The number of nitro groups is 2. The summed E-state index contributed by atoms with van der Waals surface area (Å²) in [5, 5.41) is 28.6. The van der Waals surface area contributed by atoms with Crippen LogP contribution < -0.4 is 10.1 Å². The Kier molecular flexibility index (Phi) is 5.95. The summed E-state index contributed by atoms with van der Waals surface area (Å²) in [6.45, 7) is 4.92. The second kappa shape index (κ2) is 8.61. The van der Waals surface area contributed by atoms with Gasteiger partial charge in [0.05, 0.1) is 21.6 Å². The van der Waals surface area contributed by atoms with Crippen LogP contribution in [-0.2, 0) is 11.3 Å². The SMILES string of the molecule is Cc1ccc(C)c(Oc2cc(NC(=O)Cn3ncc([N+](=O)[O-])c3C)cc([N+](=O)[O-])c2)c1. The molecule has 3 rings (SSSR count). The zero-order valence-electron chi connectivity index (χ0n) is 17.0. The van der Waals surface area contributed by atoms with Crippen LogP contribution in [0.3, 0.4) is 0 Å². The second-order valence-corrected chi connectivity index (χ2v) is 6.92. The average molecular weight is 425 g/mol. The molecule has 0 aliphatic carbocycles. The van der Waals surface area contributed by atoms with E-state index in [2.05, 4.69) is 10.4 Å². The van der Waals surface area contributed by atoms with Crippen LogP contribution >= 0.6 is 0 Å². The van der Waals surface area contributed by atoms with E-state index in [4.69, 9.17) is 4.74 Å². The number of hydrogen-bond donors (Lipinski definition) is 1. The van der Waals surface area contributed by atoms with Gasteiger partial charge in [0.25, 0.3) is 5.69 Å². The topological polar surface area (TPSA) is 142 Å². The lowest BCUT2D eigenvalue weighted by Gasteiger charge is -2.12. The first kappa shape index (κ1) is 21.4. The number of aromatic nitrogens is 2. The highest BCUT2D eigenvalue weighted by Crippen LogP contribution is 2.31. The molecule has 2 aromatic carbocycles. The largest absolute Gasteiger partial charge is 0.457 e. The summed E-state index contributed by atoms with van der Waals surface area (Å²) in [4.78, 5) is 33.5. The van der Waals surface area contributed by atoms with Crippen molar-refractivity contribution in [2.24, 2.45) is 0 Å². The van der Waals surface area contributed by atoms with Gasteiger partial charge in [-0.15, -0.1) is 0 Å². The first-order chi connectivity index (χ1) is 14.6. The van der Waals surface area contributed by atoms with E-state index in [-0.39, 0.29) is 35.1 Å². The normalized spacial score (nSPS) is 10.5. The van der Waals surface area contributed by atoms with Crippen molar-refractivity contribution in [1.29, 1.82) is 0 Å². The number of nitrogens with zero attached hydrogens (tertiary/aromatic N) is 4. The van der Waals surface area contributed by atoms with Gasteiger partial charge in [-0.05, 0) is 38.0 Å². The second-order valence-electron chi connectivity index (χ2n) is 6.92. The van der Waals surface area contributed by atoms with Gasteiger partial charge in [0, 0.05) is 12.1 Å². The number of nitro benzene ring substituents is 1. The molecule has 11 heteroatoms. The third kappa shape index (κ3) is 5.01. The number of aryl methyl sites for hydroxylation is 2. The first-order valence-corrected chi connectivity index (χ1v) is 9.15. The van der Waals surface area contributed by atoms with Crippen LogP contribution in [-0.4, -0.2) is 25.5 Å². The van der Waals surface area contributed by atoms with Crippen molar-refractivity contribution in [1.82, 2.24) is 9.78 Å². The Hall–Kier alpha value is -4.28. The number of rotatable bonds is 7. The molecule has 31 heavy (non-hydrogen) atoms. The molecule has 0 saturated carbocycles. The summed E-state index contributed by atoms with van der Waals surface area (Å²) in [7, 11) is 0. The lowest BCUT2D eigenvalue weighted by molar-refractivity contribution is -0.385. The van der Waals surface area contributed by atoms with E-state index in [1.165, 1.54) is 29.8 Å². The Morgan fingerprint density at radius 2 is 1.84 bits per heavy atom. The van der Waals surface area contributed by atoms with E-state index in [1.54, 1.807) is 6.07 Å². The van der Waals surface area contributed by atoms with Gasteiger partial charge in [0.15, 0.2) is 0 Å². The van der Waals surface area contributed by atoms with Crippen molar-refractivity contribution in [2.45, 2.75) is 27.3 Å². The third-order valence-electron chi connectivity index (χ3n) is 4.52. The highest BCUT2D eigenvalue weighted by molar-refractivity contribution is 5.91. The number of hydrogen-bond acceptors (Lipinski definition) is 7. The fourth-order valence-electron chi connectivity index (χ4n) is 2.88. The van der Waals surface area contributed by atoms with Gasteiger partial charge < -0.3 is 10.1 Å². The van der Waals surface area contributed by atoms with E-state index in [1.807, 2.05) is 26.0 Å². The number of non-ortho nitro benzene ring substituents is 1. The Bertz CT molecular complexity index is 1190. The highest BCUT2D eigenvalue weighted by atomic mass is 16.6. The molecule has 1 N–H and O–H groups in total. The summed E-state index contributed by atoms with van der Waals surface area (Å²) in [6, 6.07) is 9.52. The zero-order valence-corrected chi connectivity index (χ0v) is 17.0. The smallest absolute Gasteiger partial charge is 0.309 e. The Labute approximate surface area is 176 Å². The molecule has 0 radical (unpaired) electrons. The van der Waals surface area contributed by atoms with Crippen LogP contribution in [0.2, 0.25) is 0 Å². The summed E-state index contributed by atoms with van der Waals surface area (Å²) in [5.41, 5.74) is 1.72. The molecule has 0 aliphatic heterocycles. The minimum atomic E-state index is -0.591. The van der Waals surface area contributed by atoms with Gasteiger partial charge >= 0.3 is 5.69 Å². The molecule has 0 atom stereocenters. The average Bonchev–Trinajstić information content (AvgIpc) is 3.05. The van der Waals surface area contributed by atoms with E-state index < -0.39 is 15.8 Å². The van der Waals surface area contributed by atoms with Crippen LogP contribution in [0.15, 0.2) is 42.6 Å². The van der Waals surface area contributed by atoms with Crippen LogP contribution in [0.25, 0.3) is 0 Å². The van der Waals surface area contributed by atoms with Crippen molar-refractivity contribution in [3.63, 3.8) is 0 Å². The lowest BCUT2D eigenvalue weighted by Crippen LogP contribution is -2.20. The molecular weight excluding hydrogens is 406 g/mol. The Morgan fingerprint density at radius 3 is 2.48 bits per heavy atom. The summed E-state index contributed by atoms with van der Waals surface area (Å²) >= 11 is 0. The molecule has 1 aromatic heterocycles. The van der Waals surface area contributed by atoms with Gasteiger partial charge in [0.2, 0.25) is 5.91 Å². The quantitative estimate of drug-likeness (QED) is 0.444. The van der Waals surface area contributed by atoms with Gasteiger partial charge in [-0.2, -0.15) is 5.10 Å². The predicted octanol–water partition coefficient (Wildman–Crippen LogP) is 4.06. The Balaban J connectivity index is 1.83. The van der Waals surface area contributed by atoms with Gasteiger partial charge in [0.1, 0.15) is 29.9 Å². The van der Waals surface area contributed by atoms with Crippen molar-refractivity contribution >= 4 is 23.0 Å². The van der Waals surface area contributed by atoms with Crippen molar-refractivity contribution < 1.29 is 19.4 Å².